The zero-order chi connectivity index (χ0) is 11.5. The quantitative estimate of drug-likeness (QED) is 0.813. The van der Waals surface area contributed by atoms with Crippen molar-refractivity contribution >= 4 is 26.9 Å². The highest BCUT2D eigenvalue weighted by molar-refractivity contribution is 9.10. The fourth-order valence-corrected chi connectivity index (χ4v) is 1.77. The van der Waals surface area contributed by atoms with Gasteiger partial charge >= 0.3 is 0 Å². The average Bonchev–Trinajstić information content (AvgIpc) is 2.28. The number of methoxy groups -OCH3 is 1. The standard InChI is InChI=1S/C11H9BrO4/c1-14-6-16-11-5-10-7(4-8(11)12)9(13)2-3-15-10/h2-5H,6H2,1H3. The molecule has 0 aliphatic heterocycles. The van der Waals surface area contributed by atoms with Crippen molar-refractivity contribution in [2.24, 2.45) is 0 Å². The van der Waals surface area contributed by atoms with Crippen LogP contribution in [0.2, 0.25) is 0 Å². The van der Waals surface area contributed by atoms with Gasteiger partial charge in [0.1, 0.15) is 11.3 Å². The first-order valence-corrected chi connectivity index (χ1v) is 5.34. The average molecular weight is 285 g/mol. The summed E-state index contributed by atoms with van der Waals surface area (Å²) in [5, 5.41) is 0.513. The van der Waals surface area contributed by atoms with Crippen molar-refractivity contribution in [3.63, 3.8) is 0 Å². The first kappa shape index (κ1) is 11.2. The third-order valence-corrected chi connectivity index (χ3v) is 2.67. The minimum atomic E-state index is -0.0831. The molecule has 1 aromatic heterocycles. The van der Waals surface area contributed by atoms with Gasteiger partial charge in [0.05, 0.1) is 16.1 Å². The molecule has 0 aliphatic carbocycles. The third kappa shape index (κ3) is 2.10. The Bertz CT molecular complexity index is 561. The first-order valence-electron chi connectivity index (χ1n) is 4.55. The predicted molar refractivity (Wildman–Crippen MR) is 62.7 cm³/mol. The van der Waals surface area contributed by atoms with Gasteiger partial charge in [-0.25, -0.2) is 0 Å². The van der Waals surface area contributed by atoms with Gasteiger partial charge < -0.3 is 13.9 Å². The van der Waals surface area contributed by atoms with E-state index in [1.54, 1.807) is 12.1 Å². The molecule has 1 heterocycles. The molecule has 0 fully saturated rings. The van der Waals surface area contributed by atoms with E-state index in [9.17, 15) is 4.79 Å². The van der Waals surface area contributed by atoms with E-state index in [4.69, 9.17) is 13.9 Å². The molecule has 0 aliphatic rings. The lowest BCUT2D eigenvalue weighted by Gasteiger charge is -2.07. The third-order valence-electron chi connectivity index (χ3n) is 2.05. The van der Waals surface area contributed by atoms with Crippen LogP contribution in [-0.2, 0) is 4.74 Å². The molecule has 0 bridgehead atoms. The van der Waals surface area contributed by atoms with E-state index in [2.05, 4.69) is 15.9 Å². The molecule has 2 aromatic rings. The Kier molecular flexibility index (Phi) is 3.26. The van der Waals surface area contributed by atoms with Crippen LogP contribution in [-0.4, -0.2) is 13.9 Å². The van der Waals surface area contributed by atoms with Crippen LogP contribution in [0, 0.1) is 0 Å². The number of rotatable bonds is 3. The summed E-state index contributed by atoms with van der Waals surface area (Å²) in [5.41, 5.74) is 0.405. The number of hydrogen-bond acceptors (Lipinski definition) is 4. The maximum atomic E-state index is 11.5. The van der Waals surface area contributed by atoms with Crippen molar-refractivity contribution in [3.05, 3.63) is 39.2 Å². The number of ether oxygens (including phenoxy) is 2. The minimum Gasteiger partial charge on any atom is -0.466 e. The Morgan fingerprint density at radius 3 is 3.00 bits per heavy atom. The summed E-state index contributed by atoms with van der Waals surface area (Å²) in [7, 11) is 1.54. The second-order valence-electron chi connectivity index (χ2n) is 3.11. The van der Waals surface area contributed by atoms with Gasteiger partial charge in [0.2, 0.25) is 0 Å². The zero-order valence-corrected chi connectivity index (χ0v) is 10.1. The van der Waals surface area contributed by atoms with E-state index in [0.29, 0.717) is 21.2 Å². The van der Waals surface area contributed by atoms with Crippen LogP contribution in [0.4, 0.5) is 0 Å². The number of halogens is 1. The molecule has 0 saturated carbocycles. The van der Waals surface area contributed by atoms with Gasteiger partial charge in [-0.2, -0.15) is 0 Å². The van der Waals surface area contributed by atoms with Crippen molar-refractivity contribution in [1.29, 1.82) is 0 Å². The summed E-state index contributed by atoms with van der Waals surface area (Å²) < 4.78 is 16.0. The number of fused-ring (bicyclic) bond motifs is 1. The van der Waals surface area contributed by atoms with Gasteiger partial charge in [-0.1, -0.05) is 0 Å². The van der Waals surface area contributed by atoms with Crippen molar-refractivity contribution in [2.75, 3.05) is 13.9 Å². The van der Waals surface area contributed by atoms with Crippen molar-refractivity contribution < 1.29 is 13.9 Å². The summed E-state index contributed by atoms with van der Waals surface area (Å²) in [5.74, 6) is 0.573. The molecule has 5 heteroatoms. The lowest BCUT2D eigenvalue weighted by molar-refractivity contribution is 0.0506. The van der Waals surface area contributed by atoms with Gasteiger partial charge in [-0.05, 0) is 22.0 Å². The van der Waals surface area contributed by atoms with Gasteiger partial charge in [-0.15, -0.1) is 0 Å². The molecule has 16 heavy (non-hydrogen) atoms. The Hall–Kier alpha value is -1.33. The van der Waals surface area contributed by atoms with Crippen molar-refractivity contribution in [2.45, 2.75) is 0 Å². The largest absolute Gasteiger partial charge is 0.466 e. The maximum Gasteiger partial charge on any atom is 0.192 e. The molecular weight excluding hydrogens is 276 g/mol. The predicted octanol–water partition coefficient (Wildman–Crippen LogP) is 2.54. The van der Waals surface area contributed by atoms with Crippen LogP contribution in [0.5, 0.6) is 5.75 Å². The highest BCUT2D eigenvalue weighted by Crippen LogP contribution is 2.29. The first-order chi connectivity index (χ1) is 7.72. The zero-order valence-electron chi connectivity index (χ0n) is 8.53. The SMILES string of the molecule is COCOc1cc2occc(=O)c2cc1Br. The molecule has 2 rings (SSSR count). The van der Waals surface area contributed by atoms with E-state index in [0.717, 1.165) is 0 Å². The lowest BCUT2D eigenvalue weighted by Crippen LogP contribution is -2.02. The highest BCUT2D eigenvalue weighted by atomic mass is 79.9. The fourth-order valence-electron chi connectivity index (χ4n) is 1.32. The molecule has 0 spiro atoms. The topological polar surface area (TPSA) is 48.7 Å². The lowest BCUT2D eigenvalue weighted by atomic mass is 10.2. The molecule has 1 aromatic carbocycles. The van der Waals surface area contributed by atoms with Gasteiger partial charge in [0, 0.05) is 19.2 Å². The maximum absolute atomic E-state index is 11.5. The molecule has 0 atom stereocenters. The second kappa shape index (κ2) is 4.67. The Balaban J connectivity index is 2.54. The van der Waals surface area contributed by atoms with Crippen LogP contribution < -0.4 is 10.2 Å². The summed E-state index contributed by atoms with van der Waals surface area (Å²) in [6.45, 7) is 0.140. The summed E-state index contributed by atoms with van der Waals surface area (Å²) in [6, 6.07) is 4.70. The van der Waals surface area contributed by atoms with Crippen LogP contribution in [0.3, 0.4) is 0 Å². The molecule has 0 saturated heterocycles. The monoisotopic (exact) mass is 284 g/mol. The molecule has 0 radical (unpaired) electrons. The Morgan fingerprint density at radius 1 is 1.44 bits per heavy atom. The van der Waals surface area contributed by atoms with Crippen LogP contribution in [0.25, 0.3) is 11.0 Å². The second-order valence-corrected chi connectivity index (χ2v) is 3.97. The molecule has 0 amide bonds. The van der Waals surface area contributed by atoms with Crippen LogP contribution in [0.15, 0.2) is 38.1 Å². The van der Waals surface area contributed by atoms with Gasteiger partial charge in [0.15, 0.2) is 12.2 Å². The number of benzene rings is 1. The van der Waals surface area contributed by atoms with Crippen molar-refractivity contribution in [3.8, 4) is 5.75 Å². The molecular formula is C11H9BrO4. The van der Waals surface area contributed by atoms with Gasteiger partial charge in [-0.3, -0.25) is 4.79 Å². The van der Waals surface area contributed by atoms with Gasteiger partial charge in [0.25, 0.3) is 0 Å². The smallest absolute Gasteiger partial charge is 0.192 e. The van der Waals surface area contributed by atoms with E-state index >= 15 is 0 Å². The van der Waals surface area contributed by atoms with E-state index in [1.165, 1.54) is 19.4 Å². The normalized spacial score (nSPS) is 10.6. The Labute approximate surface area is 99.9 Å². The van der Waals surface area contributed by atoms with Crippen LogP contribution in [0.1, 0.15) is 0 Å². The van der Waals surface area contributed by atoms with Crippen LogP contribution >= 0.6 is 15.9 Å². The Morgan fingerprint density at radius 2 is 2.25 bits per heavy atom. The molecule has 84 valence electrons. The minimum absolute atomic E-state index is 0.0831. The van der Waals surface area contributed by atoms with E-state index in [1.807, 2.05) is 0 Å². The molecule has 4 nitrogen and oxygen atoms in total. The summed E-state index contributed by atoms with van der Waals surface area (Å²) >= 11 is 3.32. The van der Waals surface area contributed by atoms with E-state index in [-0.39, 0.29) is 12.2 Å². The highest BCUT2D eigenvalue weighted by Gasteiger charge is 2.07. The fraction of sp³-hybridized carbons (Fsp3) is 0.182. The number of hydrogen-bond donors (Lipinski definition) is 0. The van der Waals surface area contributed by atoms with Crippen molar-refractivity contribution in [1.82, 2.24) is 0 Å². The summed E-state index contributed by atoms with van der Waals surface area (Å²) in [4.78, 5) is 11.5. The summed E-state index contributed by atoms with van der Waals surface area (Å²) in [6.07, 6.45) is 1.36. The van der Waals surface area contributed by atoms with E-state index < -0.39 is 0 Å². The molecule has 0 N–H and O–H groups in total. The molecule has 0 unspecified atom stereocenters.